The van der Waals surface area contributed by atoms with Gasteiger partial charge in [-0.2, -0.15) is 0 Å². The Morgan fingerprint density at radius 2 is 1.86 bits per heavy atom. The van der Waals surface area contributed by atoms with E-state index in [1.54, 1.807) is 0 Å². The predicted octanol–water partition coefficient (Wildman–Crippen LogP) is 2.13. The van der Waals surface area contributed by atoms with Crippen LogP contribution in [0.3, 0.4) is 0 Å². The molecule has 2 unspecified atom stereocenters. The Morgan fingerprint density at radius 1 is 1.18 bits per heavy atom. The first-order chi connectivity index (χ1) is 10.4. The Bertz CT molecular complexity index is 401. The van der Waals surface area contributed by atoms with Crippen LogP contribution in [0.2, 0.25) is 0 Å². The zero-order chi connectivity index (χ0) is 16.2. The molecule has 0 bridgehead atoms. The minimum atomic E-state index is -0.384. The Labute approximate surface area is 133 Å². The molecule has 126 valence electrons. The summed E-state index contributed by atoms with van der Waals surface area (Å²) in [6, 6.07) is 0.177. The van der Waals surface area contributed by atoms with Crippen molar-refractivity contribution in [2.75, 3.05) is 6.61 Å². The molecule has 2 rings (SSSR count). The second-order valence-electron chi connectivity index (χ2n) is 7.11. The molecule has 0 aromatic rings. The number of ether oxygens (including phenoxy) is 1. The highest BCUT2D eigenvalue weighted by Gasteiger charge is 2.39. The van der Waals surface area contributed by atoms with Crippen LogP contribution in [0.25, 0.3) is 0 Å². The smallest absolute Gasteiger partial charge is 0.308 e. The van der Waals surface area contributed by atoms with E-state index in [0.29, 0.717) is 6.61 Å². The third-order valence-electron chi connectivity index (χ3n) is 5.26. The molecule has 5 heteroatoms. The van der Waals surface area contributed by atoms with E-state index in [1.165, 1.54) is 0 Å². The normalized spacial score (nSPS) is 35.7. The quantitative estimate of drug-likeness (QED) is 0.779. The average Bonchev–Trinajstić information content (AvgIpc) is 2.47. The van der Waals surface area contributed by atoms with Crippen molar-refractivity contribution in [1.82, 2.24) is 5.32 Å². The average molecular weight is 310 g/mol. The van der Waals surface area contributed by atoms with E-state index in [4.69, 9.17) is 10.5 Å². The third-order valence-corrected chi connectivity index (χ3v) is 5.26. The van der Waals surface area contributed by atoms with Crippen LogP contribution in [0.1, 0.15) is 65.2 Å². The van der Waals surface area contributed by atoms with Crippen molar-refractivity contribution in [2.45, 2.75) is 76.8 Å². The topological polar surface area (TPSA) is 81.4 Å². The SMILES string of the molecule is CCOC(=O)C1CCC(NC(=O)C2CCCCC2(C)N)CC1. The molecule has 0 radical (unpaired) electrons. The van der Waals surface area contributed by atoms with Crippen LogP contribution >= 0.6 is 0 Å². The molecular formula is C17H30N2O3. The van der Waals surface area contributed by atoms with Crippen molar-refractivity contribution >= 4 is 11.9 Å². The van der Waals surface area contributed by atoms with Crippen molar-refractivity contribution in [2.24, 2.45) is 17.6 Å². The molecule has 3 N–H and O–H groups in total. The van der Waals surface area contributed by atoms with Gasteiger partial charge in [0.15, 0.2) is 0 Å². The van der Waals surface area contributed by atoms with Crippen LogP contribution in [-0.4, -0.2) is 30.1 Å². The molecule has 2 atom stereocenters. The number of esters is 1. The van der Waals surface area contributed by atoms with Crippen LogP contribution in [-0.2, 0) is 14.3 Å². The number of rotatable bonds is 4. The zero-order valence-corrected chi connectivity index (χ0v) is 13.9. The molecule has 0 aliphatic heterocycles. The van der Waals surface area contributed by atoms with Gasteiger partial charge in [-0.3, -0.25) is 9.59 Å². The molecule has 22 heavy (non-hydrogen) atoms. The van der Waals surface area contributed by atoms with Crippen molar-refractivity contribution in [3.05, 3.63) is 0 Å². The van der Waals surface area contributed by atoms with Crippen molar-refractivity contribution < 1.29 is 14.3 Å². The molecule has 0 saturated heterocycles. The highest BCUT2D eigenvalue weighted by atomic mass is 16.5. The maximum Gasteiger partial charge on any atom is 0.308 e. The maximum absolute atomic E-state index is 12.5. The lowest BCUT2D eigenvalue weighted by atomic mass is 9.74. The van der Waals surface area contributed by atoms with Crippen molar-refractivity contribution in [3.63, 3.8) is 0 Å². The largest absolute Gasteiger partial charge is 0.466 e. The fourth-order valence-corrected chi connectivity index (χ4v) is 3.82. The van der Waals surface area contributed by atoms with E-state index in [1.807, 2.05) is 13.8 Å². The molecule has 2 aliphatic rings. The number of nitrogens with one attached hydrogen (secondary N) is 1. The van der Waals surface area contributed by atoms with Gasteiger partial charge in [-0.15, -0.1) is 0 Å². The fourth-order valence-electron chi connectivity index (χ4n) is 3.82. The number of hydrogen-bond donors (Lipinski definition) is 2. The first-order valence-corrected chi connectivity index (χ1v) is 8.70. The summed E-state index contributed by atoms with van der Waals surface area (Å²) in [4.78, 5) is 24.3. The van der Waals surface area contributed by atoms with Crippen LogP contribution in [0.15, 0.2) is 0 Å². The summed E-state index contributed by atoms with van der Waals surface area (Å²) in [6.45, 7) is 4.26. The predicted molar refractivity (Wildman–Crippen MR) is 85.1 cm³/mol. The van der Waals surface area contributed by atoms with Gasteiger partial charge in [0.2, 0.25) is 5.91 Å². The van der Waals surface area contributed by atoms with Gasteiger partial charge in [-0.1, -0.05) is 12.8 Å². The van der Waals surface area contributed by atoms with Gasteiger partial charge in [0.1, 0.15) is 0 Å². The van der Waals surface area contributed by atoms with Gasteiger partial charge < -0.3 is 15.8 Å². The summed E-state index contributed by atoms with van der Waals surface area (Å²) in [5.41, 5.74) is 5.92. The van der Waals surface area contributed by atoms with Crippen LogP contribution < -0.4 is 11.1 Å². The van der Waals surface area contributed by atoms with Gasteiger partial charge in [0, 0.05) is 11.6 Å². The number of carbonyl (C=O) groups is 2. The van der Waals surface area contributed by atoms with Crippen LogP contribution in [0.4, 0.5) is 0 Å². The van der Waals surface area contributed by atoms with Crippen molar-refractivity contribution in [1.29, 1.82) is 0 Å². The lowest BCUT2D eigenvalue weighted by Gasteiger charge is -2.38. The summed E-state index contributed by atoms with van der Waals surface area (Å²) < 4.78 is 5.08. The molecule has 0 aromatic heterocycles. The maximum atomic E-state index is 12.5. The summed E-state index contributed by atoms with van der Waals surface area (Å²) in [5.74, 6) is -0.0648. The monoisotopic (exact) mass is 310 g/mol. The standard InChI is InChI=1S/C17H30N2O3/c1-3-22-16(21)12-7-9-13(10-8-12)19-15(20)14-6-4-5-11-17(14,2)18/h12-14H,3-11,18H2,1-2H3,(H,19,20). The Balaban J connectivity index is 1.80. The van der Waals surface area contributed by atoms with E-state index in [0.717, 1.165) is 51.4 Å². The zero-order valence-electron chi connectivity index (χ0n) is 13.9. The minimum absolute atomic E-state index is 0.00237. The van der Waals surface area contributed by atoms with Crippen molar-refractivity contribution in [3.8, 4) is 0 Å². The molecule has 0 spiro atoms. The summed E-state index contributed by atoms with van der Waals surface area (Å²) >= 11 is 0. The molecule has 0 aromatic carbocycles. The molecule has 2 aliphatic carbocycles. The van der Waals surface area contributed by atoms with Gasteiger partial charge in [-0.25, -0.2) is 0 Å². The second-order valence-corrected chi connectivity index (χ2v) is 7.11. The highest BCUT2D eigenvalue weighted by molar-refractivity contribution is 5.80. The Kier molecular flexibility index (Phi) is 5.84. The minimum Gasteiger partial charge on any atom is -0.466 e. The first-order valence-electron chi connectivity index (χ1n) is 8.70. The lowest BCUT2D eigenvalue weighted by Crippen LogP contribution is -2.54. The third kappa shape index (κ3) is 4.22. The van der Waals surface area contributed by atoms with E-state index in [2.05, 4.69) is 5.32 Å². The summed E-state index contributed by atoms with van der Waals surface area (Å²) in [7, 11) is 0. The van der Waals surface area contributed by atoms with E-state index in [-0.39, 0.29) is 35.3 Å². The number of amides is 1. The number of nitrogens with two attached hydrogens (primary N) is 1. The Morgan fingerprint density at radius 3 is 2.45 bits per heavy atom. The fraction of sp³-hybridized carbons (Fsp3) is 0.882. The molecule has 5 nitrogen and oxygen atoms in total. The molecule has 2 fully saturated rings. The number of carbonyl (C=O) groups excluding carboxylic acids is 2. The molecule has 1 amide bonds. The van der Waals surface area contributed by atoms with E-state index in [9.17, 15) is 9.59 Å². The summed E-state index contributed by atoms with van der Waals surface area (Å²) in [6.07, 6.45) is 7.30. The molecule has 0 heterocycles. The van der Waals surface area contributed by atoms with E-state index < -0.39 is 0 Å². The molecular weight excluding hydrogens is 280 g/mol. The first kappa shape index (κ1) is 17.3. The van der Waals surface area contributed by atoms with Gasteiger partial charge >= 0.3 is 5.97 Å². The highest BCUT2D eigenvalue weighted by Crippen LogP contribution is 2.32. The van der Waals surface area contributed by atoms with Crippen LogP contribution in [0, 0.1) is 11.8 Å². The van der Waals surface area contributed by atoms with Gasteiger partial charge in [-0.05, 0) is 52.4 Å². The number of hydrogen-bond acceptors (Lipinski definition) is 4. The molecule has 2 saturated carbocycles. The second kappa shape index (κ2) is 7.44. The van der Waals surface area contributed by atoms with Crippen LogP contribution in [0.5, 0.6) is 0 Å². The Hall–Kier alpha value is -1.10. The summed E-state index contributed by atoms with van der Waals surface area (Å²) in [5, 5.41) is 3.16. The lowest BCUT2D eigenvalue weighted by molar-refractivity contribution is -0.149. The van der Waals surface area contributed by atoms with Gasteiger partial charge in [0.25, 0.3) is 0 Å². The van der Waals surface area contributed by atoms with Gasteiger partial charge in [0.05, 0.1) is 18.4 Å². The van der Waals surface area contributed by atoms with E-state index >= 15 is 0 Å².